The topological polar surface area (TPSA) is 102 Å². The fourth-order valence-electron chi connectivity index (χ4n) is 4.50. The number of nitrogens with one attached hydrogen (secondary N) is 2. The van der Waals surface area contributed by atoms with E-state index in [0.717, 1.165) is 16.8 Å². The predicted octanol–water partition coefficient (Wildman–Crippen LogP) is 6.16. The van der Waals surface area contributed by atoms with Crippen molar-refractivity contribution < 1.29 is 22.7 Å². The van der Waals surface area contributed by atoms with Crippen LogP contribution in [0.2, 0.25) is 0 Å². The molecule has 2 N–H and O–H groups in total. The Morgan fingerprint density at radius 1 is 1.03 bits per heavy atom. The number of carbonyl (C=O) groups is 2. The van der Waals surface area contributed by atoms with Crippen LogP contribution in [0, 0.1) is 5.92 Å². The third-order valence-electron chi connectivity index (χ3n) is 6.47. The molecule has 0 bridgehead atoms. The smallest absolute Gasteiger partial charge is 0.261 e. The van der Waals surface area contributed by atoms with Gasteiger partial charge in [-0.25, -0.2) is 8.42 Å². The minimum Gasteiger partial charge on any atom is -0.378 e. The Kier molecular flexibility index (Phi) is 7.80. The summed E-state index contributed by atoms with van der Waals surface area (Å²) in [5.74, 6) is -0.0989. The fraction of sp³-hybridized carbons (Fsp3) is 0.310. The molecule has 0 amide bonds. The third-order valence-corrected chi connectivity index (χ3v) is 7.85. The predicted molar refractivity (Wildman–Crippen MR) is 145 cm³/mol. The van der Waals surface area contributed by atoms with Gasteiger partial charge in [0.1, 0.15) is 0 Å². The van der Waals surface area contributed by atoms with Gasteiger partial charge in [0.05, 0.1) is 17.0 Å². The van der Waals surface area contributed by atoms with Crippen molar-refractivity contribution in [3.63, 3.8) is 0 Å². The first-order valence-corrected chi connectivity index (χ1v) is 13.9. The van der Waals surface area contributed by atoms with Gasteiger partial charge in [-0.05, 0) is 49.7 Å². The van der Waals surface area contributed by atoms with Gasteiger partial charge in [-0.15, -0.1) is 0 Å². The Morgan fingerprint density at radius 3 is 2.41 bits per heavy atom. The van der Waals surface area contributed by atoms with Crippen LogP contribution in [-0.4, -0.2) is 26.6 Å². The molecule has 0 saturated carbocycles. The van der Waals surface area contributed by atoms with E-state index in [2.05, 4.69) is 10.0 Å². The molecule has 3 aromatic carbocycles. The molecular weight excluding hydrogens is 488 g/mol. The lowest BCUT2D eigenvalue weighted by molar-refractivity contribution is 0.0497. The number of hydrogen-bond acceptors (Lipinski definition) is 6. The van der Waals surface area contributed by atoms with Crippen molar-refractivity contribution in [1.29, 1.82) is 0 Å². The van der Waals surface area contributed by atoms with E-state index in [1.807, 2.05) is 45.0 Å². The lowest BCUT2D eigenvalue weighted by atomic mass is 9.90. The first kappa shape index (κ1) is 26.6. The normalized spacial score (nSPS) is 17.1. The summed E-state index contributed by atoms with van der Waals surface area (Å²) in [7, 11) is -3.89. The highest BCUT2D eigenvalue weighted by molar-refractivity contribution is 7.92. The van der Waals surface area contributed by atoms with Crippen molar-refractivity contribution in [3.8, 4) is 0 Å². The number of anilines is 2. The molecule has 0 aliphatic carbocycles. The maximum absolute atomic E-state index is 13.2. The minimum absolute atomic E-state index is 0.0536. The fourth-order valence-corrected chi connectivity index (χ4v) is 5.59. The summed E-state index contributed by atoms with van der Waals surface area (Å²) >= 11 is 0. The summed E-state index contributed by atoms with van der Waals surface area (Å²) < 4.78 is 34.9. The summed E-state index contributed by atoms with van der Waals surface area (Å²) in [4.78, 5) is 24.1. The van der Waals surface area contributed by atoms with Gasteiger partial charge in [0, 0.05) is 47.0 Å². The molecule has 3 aromatic rings. The highest BCUT2D eigenvalue weighted by Crippen LogP contribution is 2.42. The SMILES string of the molecule is CCOC1CC(c2ccc(C(=O)C(C)C)cc2)Nc2ccc(S(=O)(=O)Nc3cccc(C(C)=O)c3)cc21. The first-order chi connectivity index (χ1) is 17.6. The van der Waals surface area contributed by atoms with E-state index < -0.39 is 10.0 Å². The van der Waals surface area contributed by atoms with Crippen LogP contribution >= 0.6 is 0 Å². The van der Waals surface area contributed by atoms with Crippen LogP contribution < -0.4 is 10.0 Å². The minimum atomic E-state index is -3.89. The first-order valence-electron chi connectivity index (χ1n) is 12.4. The molecular formula is C29H32N2O5S. The molecule has 7 nitrogen and oxygen atoms in total. The highest BCUT2D eigenvalue weighted by atomic mass is 32.2. The number of sulfonamides is 1. The highest BCUT2D eigenvalue weighted by Gasteiger charge is 2.30. The summed E-state index contributed by atoms with van der Waals surface area (Å²) in [5.41, 5.74) is 4.04. The lowest BCUT2D eigenvalue weighted by Crippen LogP contribution is -2.24. The van der Waals surface area contributed by atoms with Crippen LogP contribution in [-0.2, 0) is 14.8 Å². The largest absolute Gasteiger partial charge is 0.378 e. The molecule has 1 aliphatic rings. The van der Waals surface area contributed by atoms with Crippen LogP contribution in [0.5, 0.6) is 0 Å². The lowest BCUT2D eigenvalue weighted by Gasteiger charge is -2.33. The molecule has 1 heterocycles. The second kappa shape index (κ2) is 10.9. The third kappa shape index (κ3) is 5.92. The Morgan fingerprint density at radius 2 is 1.76 bits per heavy atom. The molecule has 0 saturated heterocycles. The number of carbonyl (C=O) groups excluding carboxylic acids is 2. The monoisotopic (exact) mass is 520 g/mol. The number of benzene rings is 3. The Hall–Kier alpha value is -3.49. The van der Waals surface area contributed by atoms with Crippen LogP contribution in [0.15, 0.2) is 71.6 Å². The number of hydrogen-bond donors (Lipinski definition) is 2. The zero-order chi connectivity index (χ0) is 26.7. The number of Topliss-reactive ketones (excluding diaryl/α,β-unsaturated/α-hetero) is 2. The molecule has 0 spiro atoms. The summed E-state index contributed by atoms with van der Waals surface area (Å²) in [6, 6.07) is 18.9. The summed E-state index contributed by atoms with van der Waals surface area (Å²) in [5, 5.41) is 3.50. The quantitative estimate of drug-likeness (QED) is 0.328. The number of ketones is 2. The van der Waals surface area contributed by atoms with Gasteiger partial charge in [-0.3, -0.25) is 14.3 Å². The van der Waals surface area contributed by atoms with Gasteiger partial charge in [0.15, 0.2) is 11.6 Å². The Bertz CT molecular complexity index is 1410. The van der Waals surface area contributed by atoms with E-state index in [1.54, 1.807) is 36.4 Å². The van der Waals surface area contributed by atoms with Crippen molar-refractivity contribution in [2.75, 3.05) is 16.6 Å². The van der Waals surface area contributed by atoms with Gasteiger partial charge in [-0.2, -0.15) is 0 Å². The molecule has 1 aliphatic heterocycles. The van der Waals surface area contributed by atoms with Gasteiger partial charge in [0.2, 0.25) is 0 Å². The molecule has 4 rings (SSSR count). The molecule has 0 fully saturated rings. The van der Waals surface area contributed by atoms with Crippen molar-refractivity contribution in [2.24, 2.45) is 5.92 Å². The second-order valence-electron chi connectivity index (χ2n) is 9.51. The van der Waals surface area contributed by atoms with Crippen molar-refractivity contribution in [3.05, 3.63) is 89.0 Å². The maximum atomic E-state index is 13.2. The summed E-state index contributed by atoms with van der Waals surface area (Å²) in [6.07, 6.45) is 0.301. The van der Waals surface area contributed by atoms with Crippen molar-refractivity contribution >= 4 is 33.0 Å². The van der Waals surface area contributed by atoms with Crippen LogP contribution in [0.1, 0.15) is 78.1 Å². The molecule has 37 heavy (non-hydrogen) atoms. The summed E-state index contributed by atoms with van der Waals surface area (Å²) in [6.45, 7) is 7.59. The standard InChI is InChI=1S/C29H32N2O5S/c1-5-36-28-17-27(20-9-11-21(12-10-20)29(33)18(2)3)30-26-14-13-24(16-25(26)28)37(34,35)31-23-8-6-7-22(15-23)19(4)32/h6-16,18,27-28,30-31H,5,17H2,1-4H3. The number of fused-ring (bicyclic) bond motifs is 1. The van der Waals surface area contributed by atoms with E-state index in [4.69, 9.17) is 4.74 Å². The average Bonchev–Trinajstić information content (AvgIpc) is 2.88. The van der Waals surface area contributed by atoms with E-state index in [1.165, 1.54) is 13.0 Å². The zero-order valence-electron chi connectivity index (χ0n) is 21.4. The Labute approximate surface area is 218 Å². The Balaban J connectivity index is 1.60. The van der Waals surface area contributed by atoms with Gasteiger partial charge < -0.3 is 10.1 Å². The molecule has 2 unspecified atom stereocenters. The number of rotatable bonds is 9. The van der Waals surface area contributed by atoms with E-state index >= 15 is 0 Å². The van der Waals surface area contributed by atoms with E-state index in [-0.39, 0.29) is 34.5 Å². The van der Waals surface area contributed by atoms with Crippen LogP contribution in [0.3, 0.4) is 0 Å². The maximum Gasteiger partial charge on any atom is 0.261 e. The zero-order valence-corrected chi connectivity index (χ0v) is 22.3. The van der Waals surface area contributed by atoms with Gasteiger partial charge in [0.25, 0.3) is 10.0 Å². The average molecular weight is 521 g/mol. The van der Waals surface area contributed by atoms with Crippen LogP contribution in [0.4, 0.5) is 11.4 Å². The van der Waals surface area contributed by atoms with Gasteiger partial charge >= 0.3 is 0 Å². The van der Waals surface area contributed by atoms with E-state index in [0.29, 0.717) is 29.8 Å². The molecule has 0 radical (unpaired) electrons. The number of ether oxygens (including phenoxy) is 1. The molecule has 2 atom stereocenters. The molecule has 0 aromatic heterocycles. The van der Waals surface area contributed by atoms with Crippen LogP contribution in [0.25, 0.3) is 0 Å². The van der Waals surface area contributed by atoms with Crippen molar-refractivity contribution in [2.45, 2.75) is 51.2 Å². The second-order valence-corrected chi connectivity index (χ2v) is 11.2. The van der Waals surface area contributed by atoms with Crippen molar-refractivity contribution in [1.82, 2.24) is 0 Å². The molecule has 194 valence electrons. The molecule has 8 heteroatoms. The van der Waals surface area contributed by atoms with Gasteiger partial charge in [-0.1, -0.05) is 50.2 Å². The van der Waals surface area contributed by atoms with E-state index in [9.17, 15) is 18.0 Å².